The molecule has 0 aliphatic carbocycles. The first-order chi connectivity index (χ1) is 26.6. The Hall–Kier alpha value is -5.67. The Labute approximate surface area is 263 Å². The van der Waals surface area contributed by atoms with Crippen LogP contribution in [0.5, 0.6) is 0 Å². The topological polar surface area (TPSA) is 38.7 Å². The molecule has 0 aliphatic heterocycles. The smallest absolute Gasteiger partial charge is 0.165 e. The first-order valence-electron chi connectivity index (χ1n) is 20.0. The molecule has 196 valence electrons. The molecule has 8 rings (SSSR count). The summed E-state index contributed by atoms with van der Waals surface area (Å²) in [6, 6.07) is 11.3. The summed E-state index contributed by atoms with van der Waals surface area (Å²) in [6.07, 6.45) is 0. The minimum atomic E-state index is -0.743. The van der Waals surface area contributed by atoms with Crippen LogP contribution in [0.4, 0.5) is 0 Å². The summed E-state index contributed by atoms with van der Waals surface area (Å²) >= 11 is 0. The van der Waals surface area contributed by atoms with E-state index in [0.717, 1.165) is 21.5 Å². The van der Waals surface area contributed by atoms with Gasteiger partial charge in [-0.3, -0.25) is 0 Å². The summed E-state index contributed by atoms with van der Waals surface area (Å²) in [4.78, 5) is 13.9. The molecule has 0 atom stereocenters. The maximum Gasteiger partial charge on any atom is 0.165 e. The Morgan fingerprint density at radius 1 is 0.381 bits per heavy atom. The number of hydrogen-bond donors (Lipinski definition) is 0. The predicted octanol–water partition coefficient (Wildman–Crippen LogP) is 10.00. The van der Waals surface area contributed by atoms with Gasteiger partial charge in [0, 0.05) is 16.7 Å². The molecule has 42 heavy (non-hydrogen) atoms. The van der Waals surface area contributed by atoms with Gasteiger partial charge in [-0.1, -0.05) is 145 Å². The molecule has 0 saturated heterocycles. The number of rotatable bonds is 4. The molecule has 0 saturated carbocycles. The van der Waals surface area contributed by atoms with Crippen LogP contribution in [0.3, 0.4) is 0 Å². The van der Waals surface area contributed by atoms with Crippen LogP contribution < -0.4 is 0 Å². The standard InChI is InChI=1S/C39H25N3/c1-3-11-26(12-4-1)27-19-21-30(22-20-27)38-40-37(29-14-5-2-6-15-29)41-39(42-38)36-33-18-10-8-16-31(33)25-35-32-17-9-7-13-28(32)23-24-34(35)36/h1-25H/i1D,2D,3D,4D,5D,6D,11D,12D,14D,15D,19D,20D,21D,22D. The molecule has 8 aromatic rings. The van der Waals surface area contributed by atoms with Crippen LogP contribution in [0, 0.1) is 0 Å². The van der Waals surface area contributed by atoms with E-state index in [4.69, 9.17) is 29.2 Å². The van der Waals surface area contributed by atoms with Gasteiger partial charge in [0.1, 0.15) is 0 Å². The van der Waals surface area contributed by atoms with E-state index in [2.05, 4.69) is 4.98 Å². The molecule has 1 heterocycles. The Morgan fingerprint density at radius 2 is 0.905 bits per heavy atom. The van der Waals surface area contributed by atoms with Crippen molar-refractivity contribution in [3.8, 4) is 45.3 Å². The first kappa shape index (κ1) is 13.8. The normalized spacial score (nSPS) is 16.0. The fraction of sp³-hybridized carbons (Fsp3) is 0. The number of nitrogens with zero attached hydrogens (tertiary/aromatic N) is 3. The van der Waals surface area contributed by atoms with E-state index in [0.29, 0.717) is 16.3 Å². The highest BCUT2D eigenvalue weighted by Gasteiger charge is 2.18. The van der Waals surface area contributed by atoms with E-state index in [1.807, 2.05) is 66.7 Å². The summed E-state index contributed by atoms with van der Waals surface area (Å²) < 4.78 is 120. The van der Waals surface area contributed by atoms with Crippen LogP contribution in [0.25, 0.3) is 77.6 Å². The van der Waals surface area contributed by atoms with Gasteiger partial charge >= 0.3 is 0 Å². The van der Waals surface area contributed by atoms with Gasteiger partial charge in [-0.05, 0) is 49.5 Å². The summed E-state index contributed by atoms with van der Waals surface area (Å²) in [7, 11) is 0. The highest BCUT2D eigenvalue weighted by molar-refractivity contribution is 6.19. The summed E-state index contributed by atoms with van der Waals surface area (Å²) in [5.74, 6) is -0.876. The molecular formula is C39H25N3. The van der Waals surface area contributed by atoms with E-state index in [9.17, 15) is 0 Å². The number of aromatic nitrogens is 3. The lowest BCUT2D eigenvalue weighted by Crippen LogP contribution is -2.01. The van der Waals surface area contributed by atoms with Crippen LogP contribution in [-0.2, 0) is 0 Å². The first-order valence-corrected chi connectivity index (χ1v) is 13.0. The van der Waals surface area contributed by atoms with Gasteiger partial charge < -0.3 is 0 Å². The molecule has 0 aliphatic rings. The summed E-state index contributed by atoms with van der Waals surface area (Å²) in [5, 5.41) is 4.86. The molecule has 0 fully saturated rings. The van der Waals surface area contributed by atoms with Gasteiger partial charge in [-0.2, -0.15) is 0 Å². The highest BCUT2D eigenvalue weighted by Crippen LogP contribution is 2.39. The molecule has 7 aromatic carbocycles. The minimum Gasteiger partial charge on any atom is -0.208 e. The summed E-state index contributed by atoms with van der Waals surface area (Å²) in [6.45, 7) is 0. The van der Waals surface area contributed by atoms with Crippen molar-refractivity contribution in [1.29, 1.82) is 0 Å². The Kier molecular flexibility index (Phi) is 3.31. The van der Waals surface area contributed by atoms with Gasteiger partial charge in [-0.15, -0.1) is 0 Å². The fourth-order valence-corrected chi connectivity index (χ4v) is 5.06. The molecule has 0 unspecified atom stereocenters. The SMILES string of the molecule is [2H]c1c([2H])c([2H])c(-c2nc(-c3c([2H])c([2H])c(-c4c([2H])c([2H])c([2H])c([2H])c4[2H])c([2H])c3[2H])nc(-c3c4ccccc4cc4c3ccc3ccccc34)n2)c([2H])c1[2H]. The van der Waals surface area contributed by atoms with E-state index < -0.39 is 113 Å². The number of benzene rings is 7. The Bertz CT molecular complexity index is 2950. The molecular weight excluding hydrogens is 510 g/mol. The van der Waals surface area contributed by atoms with Crippen molar-refractivity contribution >= 4 is 32.3 Å². The van der Waals surface area contributed by atoms with E-state index in [-0.39, 0.29) is 11.4 Å². The second-order valence-corrected chi connectivity index (χ2v) is 9.41. The Balaban J connectivity index is 1.51. The van der Waals surface area contributed by atoms with E-state index in [1.54, 1.807) is 0 Å². The van der Waals surface area contributed by atoms with Crippen LogP contribution in [-0.4, -0.2) is 15.0 Å². The lowest BCUT2D eigenvalue weighted by molar-refractivity contribution is 1.08. The maximum atomic E-state index is 9.13. The predicted molar refractivity (Wildman–Crippen MR) is 174 cm³/mol. The van der Waals surface area contributed by atoms with Gasteiger partial charge in [0.2, 0.25) is 0 Å². The van der Waals surface area contributed by atoms with Crippen LogP contribution >= 0.6 is 0 Å². The van der Waals surface area contributed by atoms with Crippen molar-refractivity contribution in [3.63, 3.8) is 0 Å². The van der Waals surface area contributed by atoms with Crippen molar-refractivity contribution < 1.29 is 19.2 Å². The van der Waals surface area contributed by atoms with Crippen LogP contribution in [0.15, 0.2) is 151 Å². The quantitative estimate of drug-likeness (QED) is 0.162. The minimum absolute atomic E-state index is 0.0551. The maximum absolute atomic E-state index is 9.13. The third-order valence-electron chi connectivity index (χ3n) is 6.95. The molecule has 0 spiro atoms. The van der Waals surface area contributed by atoms with Crippen molar-refractivity contribution in [3.05, 3.63) is 151 Å². The lowest BCUT2D eigenvalue weighted by Gasteiger charge is -2.14. The monoisotopic (exact) mass is 549 g/mol. The zero-order valence-corrected chi connectivity index (χ0v) is 21.7. The van der Waals surface area contributed by atoms with E-state index in [1.165, 1.54) is 0 Å². The average molecular weight is 550 g/mol. The zero-order valence-electron chi connectivity index (χ0n) is 35.7. The van der Waals surface area contributed by atoms with Gasteiger partial charge in [0.15, 0.2) is 17.5 Å². The van der Waals surface area contributed by atoms with Crippen LogP contribution in [0.1, 0.15) is 19.2 Å². The molecule has 0 bridgehead atoms. The molecule has 0 N–H and O–H groups in total. The van der Waals surface area contributed by atoms with Crippen molar-refractivity contribution in [2.75, 3.05) is 0 Å². The van der Waals surface area contributed by atoms with E-state index >= 15 is 0 Å². The third-order valence-corrected chi connectivity index (χ3v) is 6.95. The van der Waals surface area contributed by atoms with Crippen LogP contribution in [0.2, 0.25) is 0 Å². The number of fused-ring (bicyclic) bond motifs is 4. The lowest BCUT2D eigenvalue weighted by atomic mass is 9.93. The van der Waals surface area contributed by atoms with Gasteiger partial charge in [0.05, 0.1) is 19.2 Å². The molecule has 3 nitrogen and oxygen atoms in total. The largest absolute Gasteiger partial charge is 0.208 e. The fourth-order valence-electron chi connectivity index (χ4n) is 5.06. The second kappa shape index (κ2) is 10.1. The molecule has 0 amide bonds. The molecule has 0 radical (unpaired) electrons. The second-order valence-electron chi connectivity index (χ2n) is 9.41. The third kappa shape index (κ3) is 4.20. The highest BCUT2D eigenvalue weighted by atomic mass is 15.0. The Morgan fingerprint density at radius 3 is 1.62 bits per heavy atom. The van der Waals surface area contributed by atoms with Crippen molar-refractivity contribution in [2.45, 2.75) is 0 Å². The van der Waals surface area contributed by atoms with Crippen molar-refractivity contribution in [2.24, 2.45) is 0 Å². The molecule has 3 heteroatoms. The van der Waals surface area contributed by atoms with Gasteiger partial charge in [-0.25, -0.2) is 15.0 Å². The number of hydrogen-bond acceptors (Lipinski definition) is 3. The zero-order chi connectivity index (χ0) is 40.1. The van der Waals surface area contributed by atoms with Crippen molar-refractivity contribution in [1.82, 2.24) is 15.0 Å². The van der Waals surface area contributed by atoms with Gasteiger partial charge in [0.25, 0.3) is 0 Å². The molecule has 1 aromatic heterocycles. The summed E-state index contributed by atoms with van der Waals surface area (Å²) in [5.41, 5.74) is -1.43. The average Bonchev–Trinajstić information content (AvgIpc) is 3.20.